The quantitative estimate of drug-likeness (QED) is 0.677. The molecule has 2 aliphatic rings. The fraction of sp³-hybridized carbons (Fsp3) is 0.400. The minimum absolute atomic E-state index is 0.0210. The molecule has 2 heterocycles. The van der Waals surface area contributed by atoms with Crippen molar-refractivity contribution in [2.45, 2.75) is 37.4 Å². The number of rotatable bonds is 4. The van der Waals surface area contributed by atoms with Gasteiger partial charge in [-0.05, 0) is 35.1 Å². The SMILES string of the molecule is OC[C@@H]1Cc2ccccc2[C@@H](O[C@H]2N[C@H](CO)Cc3ccccc32)N1. The molecule has 132 valence electrons. The summed E-state index contributed by atoms with van der Waals surface area (Å²) in [7, 11) is 0. The van der Waals surface area contributed by atoms with Gasteiger partial charge in [-0.25, -0.2) is 0 Å². The molecule has 4 N–H and O–H groups in total. The van der Waals surface area contributed by atoms with Crippen LogP contribution in [0.25, 0.3) is 0 Å². The van der Waals surface area contributed by atoms with Gasteiger partial charge in [-0.3, -0.25) is 10.6 Å². The Balaban J connectivity index is 1.63. The summed E-state index contributed by atoms with van der Waals surface area (Å²) in [6.45, 7) is 0.143. The summed E-state index contributed by atoms with van der Waals surface area (Å²) in [5.74, 6) is 0. The van der Waals surface area contributed by atoms with E-state index in [-0.39, 0.29) is 37.8 Å². The molecular formula is C20H24N2O3. The third kappa shape index (κ3) is 3.34. The molecule has 0 radical (unpaired) electrons. The lowest BCUT2D eigenvalue weighted by molar-refractivity contribution is -0.0743. The van der Waals surface area contributed by atoms with Crippen LogP contribution in [0.5, 0.6) is 0 Å². The van der Waals surface area contributed by atoms with Crippen molar-refractivity contribution in [3.8, 4) is 0 Å². The van der Waals surface area contributed by atoms with Crippen LogP contribution in [0.1, 0.15) is 34.7 Å². The van der Waals surface area contributed by atoms with Crippen LogP contribution in [0.3, 0.4) is 0 Å². The first-order chi connectivity index (χ1) is 12.3. The normalized spacial score (nSPS) is 28.2. The maximum absolute atomic E-state index is 9.61. The third-order valence-corrected chi connectivity index (χ3v) is 5.09. The highest BCUT2D eigenvalue weighted by Crippen LogP contribution is 2.33. The van der Waals surface area contributed by atoms with Crippen LogP contribution >= 0.6 is 0 Å². The Morgan fingerprint density at radius 3 is 1.64 bits per heavy atom. The van der Waals surface area contributed by atoms with Crippen LogP contribution in [0.4, 0.5) is 0 Å². The molecular weight excluding hydrogens is 316 g/mol. The zero-order chi connectivity index (χ0) is 17.2. The Kier molecular flexibility index (Phi) is 4.83. The van der Waals surface area contributed by atoms with Gasteiger partial charge in [-0.2, -0.15) is 0 Å². The minimum Gasteiger partial charge on any atom is -0.395 e. The van der Waals surface area contributed by atoms with E-state index in [0.29, 0.717) is 0 Å². The number of ether oxygens (including phenoxy) is 1. The van der Waals surface area contributed by atoms with Crippen molar-refractivity contribution in [2.75, 3.05) is 13.2 Å². The topological polar surface area (TPSA) is 73.8 Å². The molecule has 0 bridgehead atoms. The minimum atomic E-state index is -0.301. The summed E-state index contributed by atoms with van der Waals surface area (Å²) in [5.41, 5.74) is 4.62. The number of fused-ring (bicyclic) bond motifs is 2. The van der Waals surface area contributed by atoms with Gasteiger partial charge in [0.2, 0.25) is 0 Å². The molecule has 5 heteroatoms. The van der Waals surface area contributed by atoms with Crippen LogP contribution in [-0.4, -0.2) is 35.5 Å². The Hall–Kier alpha value is -1.76. The summed E-state index contributed by atoms with van der Waals surface area (Å²) in [5, 5.41) is 26.0. The van der Waals surface area contributed by atoms with E-state index in [2.05, 4.69) is 34.9 Å². The highest BCUT2D eigenvalue weighted by atomic mass is 16.5. The summed E-state index contributed by atoms with van der Waals surface area (Å²) >= 11 is 0. The molecule has 0 saturated carbocycles. The van der Waals surface area contributed by atoms with Crippen molar-refractivity contribution in [1.29, 1.82) is 0 Å². The standard InChI is InChI=1S/C20H24N2O3/c23-11-15-9-13-5-1-3-7-17(13)19(21-15)25-20-18-8-4-2-6-14(18)10-16(12-24)22-20/h1-8,15-16,19-24H,9-12H2/t15-,16-,19+,20+/m0/s1. The lowest BCUT2D eigenvalue weighted by Gasteiger charge is -2.38. The fourth-order valence-corrected chi connectivity index (χ4v) is 3.80. The van der Waals surface area contributed by atoms with Crippen molar-refractivity contribution < 1.29 is 14.9 Å². The first-order valence-corrected chi connectivity index (χ1v) is 8.83. The second-order valence-electron chi connectivity index (χ2n) is 6.79. The van der Waals surface area contributed by atoms with E-state index in [4.69, 9.17) is 4.74 Å². The molecule has 4 atom stereocenters. The van der Waals surface area contributed by atoms with Gasteiger partial charge in [0.25, 0.3) is 0 Å². The Morgan fingerprint density at radius 2 is 1.20 bits per heavy atom. The van der Waals surface area contributed by atoms with Crippen molar-refractivity contribution in [3.05, 3.63) is 70.8 Å². The summed E-state index contributed by atoms with van der Waals surface area (Å²) < 4.78 is 6.40. The molecule has 0 aromatic heterocycles. The van der Waals surface area contributed by atoms with Gasteiger partial charge < -0.3 is 14.9 Å². The first kappa shape index (κ1) is 16.7. The van der Waals surface area contributed by atoms with E-state index in [9.17, 15) is 10.2 Å². The predicted octanol–water partition coefficient (Wildman–Crippen LogP) is 1.41. The lowest BCUT2D eigenvalue weighted by atomic mass is 9.93. The molecule has 4 rings (SSSR count). The number of hydrogen-bond acceptors (Lipinski definition) is 5. The van der Waals surface area contributed by atoms with Crippen molar-refractivity contribution in [1.82, 2.24) is 10.6 Å². The summed E-state index contributed by atoms with van der Waals surface area (Å²) in [6.07, 6.45) is 0.983. The zero-order valence-electron chi connectivity index (χ0n) is 14.1. The van der Waals surface area contributed by atoms with Crippen LogP contribution < -0.4 is 10.6 Å². The third-order valence-electron chi connectivity index (χ3n) is 5.09. The highest BCUT2D eigenvalue weighted by molar-refractivity contribution is 5.34. The second-order valence-corrected chi connectivity index (χ2v) is 6.79. The molecule has 0 unspecified atom stereocenters. The number of nitrogens with one attached hydrogen (secondary N) is 2. The first-order valence-electron chi connectivity index (χ1n) is 8.83. The van der Waals surface area contributed by atoms with Gasteiger partial charge in [0.15, 0.2) is 0 Å². The fourth-order valence-electron chi connectivity index (χ4n) is 3.80. The molecule has 0 amide bonds. The van der Waals surface area contributed by atoms with Crippen LogP contribution in [0, 0.1) is 0 Å². The van der Waals surface area contributed by atoms with Crippen LogP contribution in [0.15, 0.2) is 48.5 Å². The maximum atomic E-state index is 9.61. The van der Waals surface area contributed by atoms with E-state index in [1.165, 1.54) is 11.1 Å². The smallest absolute Gasteiger partial charge is 0.137 e. The highest BCUT2D eigenvalue weighted by Gasteiger charge is 2.32. The molecule has 2 aromatic rings. The number of hydrogen-bond donors (Lipinski definition) is 4. The largest absolute Gasteiger partial charge is 0.395 e. The maximum Gasteiger partial charge on any atom is 0.137 e. The number of aliphatic hydroxyl groups excluding tert-OH is 2. The lowest BCUT2D eigenvalue weighted by Crippen LogP contribution is -2.47. The molecule has 2 aliphatic heterocycles. The van der Waals surface area contributed by atoms with E-state index < -0.39 is 0 Å². The van der Waals surface area contributed by atoms with Crippen LogP contribution in [-0.2, 0) is 17.6 Å². The molecule has 2 aromatic carbocycles. The predicted molar refractivity (Wildman–Crippen MR) is 94.9 cm³/mol. The van der Waals surface area contributed by atoms with Gasteiger partial charge in [-0.1, -0.05) is 48.5 Å². The van der Waals surface area contributed by atoms with Crippen molar-refractivity contribution in [2.24, 2.45) is 0 Å². The zero-order valence-corrected chi connectivity index (χ0v) is 14.1. The second kappa shape index (κ2) is 7.23. The average molecular weight is 340 g/mol. The van der Waals surface area contributed by atoms with Crippen LogP contribution in [0.2, 0.25) is 0 Å². The van der Waals surface area contributed by atoms with Crippen molar-refractivity contribution in [3.63, 3.8) is 0 Å². The van der Waals surface area contributed by atoms with E-state index >= 15 is 0 Å². The Morgan fingerprint density at radius 1 is 0.760 bits per heavy atom. The van der Waals surface area contributed by atoms with E-state index in [0.717, 1.165) is 24.0 Å². The molecule has 0 aliphatic carbocycles. The van der Waals surface area contributed by atoms with Gasteiger partial charge in [0.05, 0.1) is 13.2 Å². The van der Waals surface area contributed by atoms with E-state index in [1.54, 1.807) is 0 Å². The Labute approximate surface area is 147 Å². The Bertz CT molecular complexity index is 675. The molecule has 0 spiro atoms. The number of benzene rings is 2. The van der Waals surface area contributed by atoms with Crippen molar-refractivity contribution >= 4 is 0 Å². The average Bonchev–Trinajstić information content (AvgIpc) is 2.67. The van der Waals surface area contributed by atoms with Gasteiger partial charge in [0, 0.05) is 12.1 Å². The summed E-state index contributed by atoms with van der Waals surface area (Å²) in [6, 6.07) is 16.3. The molecule has 0 fully saturated rings. The molecule has 5 nitrogen and oxygen atoms in total. The van der Waals surface area contributed by atoms with Gasteiger partial charge >= 0.3 is 0 Å². The van der Waals surface area contributed by atoms with E-state index in [1.807, 2.05) is 24.3 Å². The number of aliphatic hydroxyl groups is 2. The molecule has 25 heavy (non-hydrogen) atoms. The summed E-state index contributed by atoms with van der Waals surface area (Å²) in [4.78, 5) is 0. The monoisotopic (exact) mass is 340 g/mol. The van der Waals surface area contributed by atoms with Gasteiger partial charge in [-0.15, -0.1) is 0 Å². The van der Waals surface area contributed by atoms with Gasteiger partial charge in [0.1, 0.15) is 12.5 Å². The molecule has 0 saturated heterocycles.